The predicted octanol–water partition coefficient (Wildman–Crippen LogP) is 1.74. The maximum Gasteiger partial charge on any atom is 0.273 e. The van der Waals surface area contributed by atoms with Crippen molar-refractivity contribution >= 4 is 17.2 Å². The molecule has 0 aliphatic carbocycles. The van der Waals surface area contributed by atoms with Crippen molar-refractivity contribution < 1.29 is 4.79 Å². The zero-order chi connectivity index (χ0) is 14.9. The first kappa shape index (κ1) is 13.8. The Labute approximate surface area is 133 Å². The zero-order valence-corrected chi connectivity index (χ0v) is 13.1. The Bertz CT molecular complexity index is 631. The van der Waals surface area contributed by atoms with E-state index in [1.807, 2.05) is 28.7 Å². The molecule has 4 rings (SSSR count). The summed E-state index contributed by atoms with van der Waals surface area (Å²) in [4.78, 5) is 25.1. The Morgan fingerprint density at radius 1 is 1.27 bits per heavy atom. The van der Waals surface area contributed by atoms with Crippen LogP contribution in [0.3, 0.4) is 0 Å². The fourth-order valence-electron chi connectivity index (χ4n) is 3.62. The number of nitrogens with zero attached hydrogens (tertiary/aromatic N) is 4. The van der Waals surface area contributed by atoms with Crippen LogP contribution in [0.5, 0.6) is 0 Å². The topological polar surface area (TPSA) is 49.3 Å². The number of hydrogen-bond donors (Lipinski definition) is 0. The summed E-state index contributed by atoms with van der Waals surface area (Å²) >= 11 is 1.48. The van der Waals surface area contributed by atoms with Gasteiger partial charge in [0.25, 0.3) is 5.91 Å². The van der Waals surface area contributed by atoms with Crippen LogP contribution in [0.1, 0.15) is 16.1 Å². The van der Waals surface area contributed by atoms with Crippen molar-refractivity contribution in [3.8, 4) is 0 Å². The van der Waals surface area contributed by atoms with Gasteiger partial charge in [-0.3, -0.25) is 14.7 Å². The molecule has 0 N–H and O–H groups in total. The minimum absolute atomic E-state index is 0.0921. The summed E-state index contributed by atoms with van der Waals surface area (Å²) in [6, 6.07) is 4.11. The Hall–Kier alpha value is -1.79. The number of carbonyl (C=O) groups is 1. The average molecular weight is 314 g/mol. The van der Waals surface area contributed by atoms with Crippen LogP contribution >= 0.6 is 11.3 Å². The van der Waals surface area contributed by atoms with Crippen LogP contribution in [0.15, 0.2) is 35.4 Å². The van der Waals surface area contributed by atoms with Gasteiger partial charge in [0.05, 0.1) is 5.51 Å². The normalized spacial score (nSPS) is 24.6. The van der Waals surface area contributed by atoms with E-state index in [-0.39, 0.29) is 5.91 Å². The summed E-state index contributed by atoms with van der Waals surface area (Å²) in [6.45, 7) is 4.83. The van der Waals surface area contributed by atoms with Crippen molar-refractivity contribution in [3.63, 3.8) is 0 Å². The molecule has 4 heterocycles. The lowest BCUT2D eigenvalue weighted by molar-refractivity contribution is 0.0768. The summed E-state index contributed by atoms with van der Waals surface area (Å²) in [7, 11) is 0. The van der Waals surface area contributed by atoms with Crippen molar-refractivity contribution in [1.29, 1.82) is 0 Å². The van der Waals surface area contributed by atoms with Crippen LogP contribution < -0.4 is 0 Å². The molecule has 2 fully saturated rings. The molecule has 2 aromatic rings. The van der Waals surface area contributed by atoms with E-state index < -0.39 is 0 Å². The number of hydrogen-bond acceptors (Lipinski definition) is 5. The molecule has 0 spiro atoms. The number of carbonyl (C=O) groups excluding carboxylic acids is 1. The van der Waals surface area contributed by atoms with Crippen LogP contribution in [-0.2, 0) is 6.54 Å². The van der Waals surface area contributed by atoms with Gasteiger partial charge in [0.1, 0.15) is 5.69 Å². The lowest BCUT2D eigenvalue weighted by atomic mass is 10.0. The minimum atomic E-state index is 0.0921. The first-order valence-corrected chi connectivity index (χ1v) is 8.52. The van der Waals surface area contributed by atoms with Gasteiger partial charge in [-0.2, -0.15) is 0 Å². The van der Waals surface area contributed by atoms with Crippen molar-refractivity contribution in [3.05, 3.63) is 46.7 Å². The molecular formula is C16H18N4OS. The second-order valence-electron chi connectivity index (χ2n) is 6.16. The van der Waals surface area contributed by atoms with Gasteiger partial charge in [-0.05, 0) is 23.5 Å². The molecule has 2 unspecified atom stereocenters. The highest BCUT2D eigenvalue weighted by atomic mass is 32.1. The van der Waals surface area contributed by atoms with Crippen LogP contribution in [0, 0.1) is 11.8 Å². The van der Waals surface area contributed by atoms with E-state index in [0.717, 1.165) is 32.7 Å². The molecule has 2 saturated heterocycles. The highest BCUT2D eigenvalue weighted by Crippen LogP contribution is 2.32. The smallest absolute Gasteiger partial charge is 0.273 e. The monoisotopic (exact) mass is 314 g/mol. The summed E-state index contributed by atoms with van der Waals surface area (Å²) in [5, 5.41) is 1.84. The summed E-state index contributed by atoms with van der Waals surface area (Å²) in [6.07, 6.45) is 3.75. The first-order valence-electron chi connectivity index (χ1n) is 7.58. The van der Waals surface area contributed by atoms with E-state index in [4.69, 9.17) is 0 Å². The standard InChI is InChI=1S/C16H18N4OS/c21-16(15-10-22-11-18-15)20-8-13-6-19(7-14(13)9-20)5-12-2-1-3-17-4-12/h1-4,10-11,13-14H,5-9H2. The number of aromatic nitrogens is 2. The van der Waals surface area contributed by atoms with Gasteiger partial charge >= 0.3 is 0 Å². The molecular weight excluding hydrogens is 296 g/mol. The molecule has 22 heavy (non-hydrogen) atoms. The number of amides is 1. The van der Waals surface area contributed by atoms with Crippen molar-refractivity contribution in [2.24, 2.45) is 11.8 Å². The second kappa shape index (κ2) is 5.78. The van der Waals surface area contributed by atoms with E-state index in [0.29, 0.717) is 17.5 Å². The zero-order valence-electron chi connectivity index (χ0n) is 12.3. The molecule has 6 heteroatoms. The molecule has 0 bridgehead atoms. The number of fused-ring (bicyclic) bond motifs is 1. The summed E-state index contributed by atoms with van der Waals surface area (Å²) in [5.74, 6) is 1.29. The molecule has 0 aromatic carbocycles. The quantitative estimate of drug-likeness (QED) is 0.866. The summed E-state index contributed by atoms with van der Waals surface area (Å²) in [5.41, 5.74) is 3.58. The molecule has 1 amide bonds. The number of rotatable bonds is 3. The van der Waals surface area contributed by atoms with Crippen molar-refractivity contribution in [2.75, 3.05) is 26.2 Å². The largest absolute Gasteiger partial charge is 0.337 e. The first-order chi connectivity index (χ1) is 10.8. The fourth-order valence-corrected chi connectivity index (χ4v) is 4.14. The second-order valence-corrected chi connectivity index (χ2v) is 6.88. The lowest BCUT2D eigenvalue weighted by Gasteiger charge is -2.21. The van der Waals surface area contributed by atoms with Gasteiger partial charge in [0, 0.05) is 50.5 Å². The third-order valence-electron chi connectivity index (χ3n) is 4.63. The molecule has 2 aliphatic rings. The Morgan fingerprint density at radius 3 is 2.73 bits per heavy atom. The van der Waals surface area contributed by atoms with Crippen molar-refractivity contribution in [2.45, 2.75) is 6.54 Å². The van der Waals surface area contributed by atoms with Gasteiger partial charge in [-0.15, -0.1) is 11.3 Å². The predicted molar refractivity (Wildman–Crippen MR) is 84.5 cm³/mol. The highest BCUT2D eigenvalue weighted by molar-refractivity contribution is 7.07. The van der Waals surface area contributed by atoms with E-state index in [2.05, 4.69) is 20.9 Å². The van der Waals surface area contributed by atoms with E-state index >= 15 is 0 Å². The fraction of sp³-hybridized carbons (Fsp3) is 0.438. The van der Waals surface area contributed by atoms with Crippen LogP contribution in [-0.4, -0.2) is 51.9 Å². The van der Waals surface area contributed by atoms with Gasteiger partial charge in [0.15, 0.2) is 0 Å². The number of thiazole rings is 1. The Balaban J connectivity index is 1.36. The molecule has 2 aromatic heterocycles. The van der Waals surface area contributed by atoms with E-state index in [1.165, 1.54) is 16.9 Å². The lowest BCUT2D eigenvalue weighted by Crippen LogP contribution is -2.33. The minimum Gasteiger partial charge on any atom is -0.337 e. The third kappa shape index (κ3) is 2.64. The van der Waals surface area contributed by atoms with Crippen LogP contribution in [0.4, 0.5) is 0 Å². The van der Waals surface area contributed by atoms with Crippen LogP contribution in [0.25, 0.3) is 0 Å². The Kier molecular flexibility index (Phi) is 3.63. The number of likely N-dealkylation sites (tertiary alicyclic amines) is 2. The maximum absolute atomic E-state index is 12.4. The third-order valence-corrected chi connectivity index (χ3v) is 5.22. The van der Waals surface area contributed by atoms with E-state index in [1.54, 1.807) is 5.51 Å². The van der Waals surface area contributed by atoms with Gasteiger partial charge in [-0.1, -0.05) is 6.07 Å². The highest BCUT2D eigenvalue weighted by Gasteiger charge is 2.41. The average Bonchev–Trinajstić information content (AvgIpc) is 3.23. The molecule has 2 atom stereocenters. The molecule has 5 nitrogen and oxygen atoms in total. The Morgan fingerprint density at radius 2 is 2.09 bits per heavy atom. The molecule has 114 valence electrons. The van der Waals surface area contributed by atoms with E-state index in [9.17, 15) is 4.79 Å². The maximum atomic E-state index is 12.4. The van der Waals surface area contributed by atoms with Crippen molar-refractivity contribution in [1.82, 2.24) is 19.8 Å². The van der Waals surface area contributed by atoms with Gasteiger partial charge < -0.3 is 4.90 Å². The number of pyridine rings is 1. The SMILES string of the molecule is O=C(c1cscn1)N1CC2CN(Cc3cccnc3)CC2C1. The van der Waals surface area contributed by atoms with Crippen LogP contribution in [0.2, 0.25) is 0 Å². The van der Waals surface area contributed by atoms with Gasteiger partial charge in [0.2, 0.25) is 0 Å². The molecule has 2 aliphatic heterocycles. The summed E-state index contributed by atoms with van der Waals surface area (Å²) < 4.78 is 0. The molecule has 0 saturated carbocycles. The van der Waals surface area contributed by atoms with Gasteiger partial charge in [-0.25, -0.2) is 4.98 Å². The molecule has 0 radical (unpaired) electrons.